The number of ether oxygens (including phenoxy) is 1. The second-order valence-corrected chi connectivity index (χ2v) is 3.04. The first-order chi connectivity index (χ1) is 6.09. The number of carboxylic acid groups (broad SMARTS) is 1. The maximum absolute atomic E-state index is 12.8. The van der Waals surface area contributed by atoms with Crippen LogP contribution in [0, 0.1) is 5.95 Å². The summed E-state index contributed by atoms with van der Waals surface area (Å²) in [6.07, 6.45) is 1.25. The van der Waals surface area contributed by atoms with Gasteiger partial charge in [-0.2, -0.15) is 4.39 Å². The molecule has 0 aromatic carbocycles. The first-order valence-electron chi connectivity index (χ1n) is 3.25. The average molecular weight is 250 g/mol. The lowest BCUT2D eigenvalue weighted by Crippen LogP contribution is -2.10. The van der Waals surface area contributed by atoms with E-state index in [4.69, 9.17) is 5.11 Å². The standard InChI is InChI=1S/C7H5BrFNO3/c8-4-1-5(7(9)10-2-4)13-3-6(11)12/h1-2H,3H2,(H,11,12). The van der Waals surface area contributed by atoms with Crippen molar-refractivity contribution < 1.29 is 19.0 Å². The molecule has 1 heterocycles. The Bertz CT molecular complexity index is 332. The Balaban J connectivity index is 2.75. The summed E-state index contributed by atoms with van der Waals surface area (Å²) in [6, 6.07) is 1.31. The van der Waals surface area contributed by atoms with Crippen molar-refractivity contribution in [2.75, 3.05) is 6.61 Å². The normalized spacial score (nSPS) is 9.69. The van der Waals surface area contributed by atoms with Crippen LogP contribution < -0.4 is 4.74 Å². The molecule has 4 nitrogen and oxygen atoms in total. The minimum Gasteiger partial charge on any atom is -0.479 e. The summed E-state index contributed by atoms with van der Waals surface area (Å²) in [5.41, 5.74) is 0. The molecule has 1 rings (SSSR count). The van der Waals surface area contributed by atoms with Crippen molar-refractivity contribution >= 4 is 21.9 Å². The molecule has 70 valence electrons. The van der Waals surface area contributed by atoms with E-state index in [0.717, 1.165) is 0 Å². The van der Waals surface area contributed by atoms with Gasteiger partial charge in [0.1, 0.15) is 0 Å². The molecule has 1 aromatic rings. The van der Waals surface area contributed by atoms with Crippen molar-refractivity contribution in [3.8, 4) is 5.75 Å². The highest BCUT2D eigenvalue weighted by molar-refractivity contribution is 9.10. The molecule has 6 heteroatoms. The van der Waals surface area contributed by atoms with Gasteiger partial charge in [0.15, 0.2) is 12.4 Å². The van der Waals surface area contributed by atoms with Crippen molar-refractivity contribution in [2.24, 2.45) is 0 Å². The van der Waals surface area contributed by atoms with Crippen LogP contribution in [-0.2, 0) is 4.79 Å². The van der Waals surface area contributed by atoms with E-state index in [2.05, 4.69) is 25.7 Å². The van der Waals surface area contributed by atoms with Gasteiger partial charge < -0.3 is 9.84 Å². The number of halogens is 2. The van der Waals surface area contributed by atoms with E-state index in [0.29, 0.717) is 4.47 Å². The minimum absolute atomic E-state index is 0.184. The average Bonchev–Trinajstić information content (AvgIpc) is 2.06. The fraction of sp³-hybridized carbons (Fsp3) is 0.143. The SMILES string of the molecule is O=C(O)COc1cc(Br)cnc1F. The predicted molar refractivity (Wildman–Crippen MR) is 45.0 cm³/mol. The highest BCUT2D eigenvalue weighted by atomic mass is 79.9. The second-order valence-electron chi connectivity index (χ2n) is 2.12. The molecule has 0 aliphatic rings. The number of aromatic nitrogens is 1. The molecule has 0 aliphatic carbocycles. The van der Waals surface area contributed by atoms with Gasteiger partial charge in [-0.15, -0.1) is 0 Å². The molecule has 13 heavy (non-hydrogen) atoms. The topological polar surface area (TPSA) is 59.4 Å². The van der Waals surface area contributed by atoms with E-state index < -0.39 is 18.5 Å². The molecule has 0 unspecified atom stereocenters. The summed E-state index contributed by atoms with van der Waals surface area (Å²) in [7, 11) is 0. The number of pyridine rings is 1. The van der Waals surface area contributed by atoms with E-state index in [1.54, 1.807) is 0 Å². The molecule has 0 saturated carbocycles. The zero-order chi connectivity index (χ0) is 9.84. The Morgan fingerprint density at radius 1 is 1.77 bits per heavy atom. The van der Waals surface area contributed by atoms with Crippen LogP contribution in [0.5, 0.6) is 5.75 Å². The van der Waals surface area contributed by atoms with Crippen molar-refractivity contribution in [1.29, 1.82) is 0 Å². The van der Waals surface area contributed by atoms with E-state index >= 15 is 0 Å². The number of nitrogens with zero attached hydrogens (tertiary/aromatic N) is 1. The smallest absolute Gasteiger partial charge is 0.341 e. The van der Waals surface area contributed by atoms with Crippen molar-refractivity contribution in [1.82, 2.24) is 4.98 Å². The predicted octanol–water partition coefficient (Wildman–Crippen LogP) is 1.45. The van der Waals surface area contributed by atoms with E-state index in [1.807, 2.05) is 0 Å². The lowest BCUT2D eigenvalue weighted by atomic mass is 10.4. The molecule has 1 N–H and O–H groups in total. The number of carboxylic acids is 1. The molecule has 0 atom stereocenters. The molecular weight excluding hydrogens is 245 g/mol. The second kappa shape index (κ2) is 4.18. The Morgan fingerprint density at radius 3 is 3.08 bits per heavy atom. The van der Waals surface area contributed by atoms with Crippen LogP contribution >= 0.6 is 15.9 Å². The number of aliphatic carboxylic acids is 1. The monoisotopic (exact) mass is 249 g/mol. The lowest BCUT2D eigenvalue weighted by molar-refractivity contribution is -0.139. The first kappa shape index (κ1) is 9.91. The summed E-state index contributed by atoms with van der Waals surface area (Å²) < 4.78 is 17.9. The van der Waals surface area contributed by atoms with Crippen molar-refractivity contribution in [3.63, 3.8) is 0 Å². The fourth-order valence-corrected chi connectivity index (χ4v) is 0.955. The van der Waals surface area contributed by atoms with E-state index in [9.17, 15) is 9.18 Å². The fourth-order valence-electron chi connectivity index (χ4n) is 0.645. The minimum atomic E-state index is -1.17. The van der Waals surface area contributed by atoms with Gasteiger partial charge in [-0.25, -0.2) is 9.78 Å². The van der Waals surface area contributed by atoms with Gasteiger partial charge in [-0.3, -0.25) is 0 Å². The van der Waals surface area contributed by atoms with Crippen LogP contribution in [-0.4, -0.2) is 22.7 Å². The molecule has 0 bridgehead atoms. The van der Waals surface area contributed by atoms with Crippen molar-refractivity contribution in [3.05, 3.63) is 22.7 Å². The molecular formula is C7H5BrFNO3. The molecule has 0 amide bonds. The molecule has 0 saturated heterocycles. The molecule has 0 spiro atoms. The number of carbonyl (C=O) groups is 1. The number of hydrogen-bond acceptors (Lipinski definition) is 3. The quantitative estimate of drug-likeness (QED) is 0.824. The Labute approximate surface area is 81.5 Å². The summed E-state index contributed by atoms with van der Waals surface area (Å²) in [5.74, 6) is -2.18. The summed E-state index contributed by atoms with van der Waals surface area (Å²) in [5, 5.41) is 8.26. The largest absolute Gasteiger partial charge is 0.479 e. The zero-order valence-electron chi connectivity index (χ0n) is 6.33. The van der Waals surface area contributed by atoms with Crippen molar-refractivity contribution in [2.45, 2.75) is 0 Å². The first-order valence-corrected chi connectivity index (χ1v) is 4.04. The number of hydrogen-bond donors (Lipinski definition) is 1. The summed E-state index contributed by atoms with van der Waals surface area (Å²) in [6.45, 7) is -0.588. The van der Waals surface area contributed by atoms with Gasteiger partial charge in [0.05, 0.1) is 0 Å². The Morgan fingerprint density at radius 2 is 2.46 bits per heavy atom. The Kier molecular flexibility index (Phi) is 3.18. The van der Waals surface area contributed by atoms with Crippen LogP contribution in [0.4, 0.5) is 4.39 Å². The summed E-state index contributed by atoms with van der Waals surface area (Å²) in [4.78, 5) is 13.4. The van der Waals surface area contributed by atoms with Gasteiger partial charge in [0.25, 0.3) is 5.95 Å². The molecule has 0 radical (unpaired) electrons. The van der Waals surface area contributed by atoms with E-state index in [-0.39, 0.29) is 5.75 Å². The maximum Gasteiger partial charge on any atom is 0.341 e. The maximum atomic E-state index is 12.8. The van der Waals surface area contributed by atoms with Crippen LogP contribution in [0.25, 0.3) is 0 Å². The molecule has 0 aliphatic heterocycles. The van der Waals surface area contributed by atoms with E-state index in [1.165, 1.54) is 12.3 Å². The van der Waals surface area contributed by atoms with Gasteiger partial charge >= 0.3 is 5.97 Å². The van der Waals surface area contributed by atoms with Crippen LogP contribution in [0.15, 0.2) is 16.7 Å². The van der Waals surface area contributed by atoms with Gasteiger partial charge in [-0.1, -0.05) is 0 Å². The molecule has 1 aromatic heterocycles. The van der Waals surface area contributed by atoms with Crippen LogP contribution in [0.1, 0.15) is 0 Å². The third-order valence-electron chi connectivity index (χ3n) is 1.12. The highest BCUT2D eigenvalue weighted by Crippen LogP contribution is 2.19. The van der Waals surface area contributed by atoms with Gasteiger partial charge in [0.2, 0.25) is 0 Å². The molecule has 0 fully saturated rings. The third kappa shape index (κ3) is 2.98. The third-order valence-corrected chi connectivity index (χ3v) is 1.56. The van der Waals surface area contributed by atoms with Crippen LogP contribution in [0.2, 0.25) is 0 Å². The highest BCUT2D eigenvalue weighted by Gasteiger charge is 2.07. The Hall–Kier alpha value is -1.17. The van der Waals surface area contributed by atoms with Gasteiger partial charge in [0, 0.05) is 16.7 Å². The lowest BCUT2D eigenvalue weighted by Gasteiger charge is -2.03. The van der Waals surface area contributed by atoms with Crippen LogP contribution in [0.3, 0.4) is 0 Å². The summed E-state index contributed by atoms with van der Waals surface area (Å²) >= 11 is 3.05. The zero-order valence-corrected chi connectivity index (χ0v) is 7.91. The number of rotatable bonds is 3. The van der Waals surface area contributed by atoms with Gasteiger partial charge in [-0.05, 0) is 15.9 Å².